The van der Waals surface area contributed by atoms with Gasteiger partial charge in [0.25, 0.3) is 0 Å². The fourth-order valence-corrected chi connectivity index (χ4v) is 2.60. The van der Waals surface area contributed by atoms with Gasteiger partial charge in [0.05, 0.1) is 0 Å². The molecule has 0 aliphatic carbocycles. The fraction of sp³-hybridized carbons (Fsp3) is 0.917. The van der Waals surface area contributed by atoms with Crippen LogP contribution < -0.4 is 0 Å². The second-order valence-corrected chi connectivity index (χ2v) is 6.13. The zero-order valence-electron chi connectivity index (χ0n) is 10.3. The summed E-state index contributed by atoms with van der Waals surface area (Å²) in [6.07, 6.45) is 0.652. The van der Waals surface area contributed by atoms with Crippen molar-refractivity contribution >= 4 is 5.91 Å². The van der Waals surface area contributed by atoms with Gasteiger partial charge in [-0.05, 0) is 20.8 Å². The number of hydrogen-bond donors (Lipinski definition) is 0. The minimum Gasteiger partial charge on any atom is -0.341 e. The number of carbonyl (C=O) groups excluding carboxylic acids is 1. The Bertz CT molecular complexity index is 266. The highest BCUT2D eigenvalue weighted by Gasteiger charge is 2.54. The highest BCUT2D eigenvalue weighted by atomic mass is 16.2. The smallest absolute Gasteiger partial charge is 0.222 e. The maximum Gasteiger partial charge on any atom is 0.222 e. The van der Waals surface area contributed by atoms with Crippen LogP contribution in [0.1, 0.15) is 34.1 Å². The molecule has 3 heteroatoms. The number of likely N-dealkylation sites (tertiary alicyclic amines) is 2. The van der Waals surface area contributed by atoms with Crippen LogP contribution in [-0.4, -0.2) is 47.4 Å². The van der Waals surface area contributed by atoms with E-state index in [4.69, 9.17) is 0 Å². The first-order chi connectivity index (χ1) is 6.86. The van der Waals surface area contributed by atoms with Gasteiger partial charge in [0, 0.05) is 43.6 Å². The van der Waals surface area contributed by atoms with Gasteiger partial charge in [-0.1, -0.05) is 6.92 Å². The first-order valence-electron chi connectivity index (χ1n) is 5.89. The van der Waals surface area contributed by atoms with E-state index < -0.39 is 0 Å². The molecule has 1 spiro atoms. The van der Waals surface area contributed by atoms with E-state index >= 15 is 0 Å². The molecule has 0 bridgehead atoms. The van der Waals surface area contributed by atoms with Crippen LogP contribution in [0.2, 0.25) is 0 Å². The molecular weight excluding hydrogens is 188 g/mol. The van der Waals surface area contributed by atoms with Crippen molar-refractivity contribution < 1.29 is 4.79 Å². The Morgan fingerprint density at radius 1 is 1.20 bits per heavy atom. The molecule has 0 saturated carbocycles. The molecule has 2 saturated heterocycles. The third kappa shape index (κ3) is 1.78. The highest BCUT2D eigenvalue weighted by molar-refractivity contribution is 5.77. The van der Waals surface area contributed by atoms with E-state index in [2.05, 4.69) is 25.7 Å². The molecule has 0 atom stereocenters. The maximum absolute atomic E-state index is 11.4. The number of rotatable bonds is 1. The molecule has 86 valence electrons. The predicted molar refractivity (Wildman–Crippen MR) is 60.6 cm³/mol. The van der Waals surface area contributed by atoms with Gasteiger partial charge in [-0.2, -0.15) is 0 Å². The van der Waals surface area contributed by atoms with E-state index in [1.165, 1.54) is 13.1 Å². The summed E-state index contributed by atoms with van der Waals surface area (Å²) in [6, 6.07) is 0. The molecule has 2 aliphatic rings. The Morgan fingerprint density at radius 2 is 1.73 bits per heavy atom. The summed E-state index contributed by atoms with van der Waals surface area (Å²) in [4.78, 5) is 15.9. The summed E-state index contributed by atoms with van der Waals surface area (Å²) in [7, 11) is 0. The molecule has 0 aromatic rings. The first-order valence-corrected chi connectivity index (χ1v) is 5.89. The largest absolute Gasteiger partial charge is 0.341 e. The first kappa shape index (κ1) is 10.9. The van der Waals surface area contributed by atoms with E-state index in [9.17, 15) is 4.79 Å². The van der Waals surface area contributed by atoms with Crippen molar-refractivity contribution in [1.29, 1.82) is 0 Å². The lowest BCUT2D eigenvalue weighted by atomic mass is 9.71. The van der Waals surface area contributed by atoms with Gasteiger partial charge in [-0.15, -0.1) is 0 Å². The van der Waals surface area contributed by atoms with Crippen molar-refractivity contribution in [3.63, 3.8) is 0 Å². The molecule has 2 aliphatic heterocycles. The molecule has 0 unspecified atom stereocenters. The maximum atomic E-state index is 11.4. The molecule has 3 nitrogen and oxygen atoms in total. The van der Waals surface area contributed by atoms with Crippen LogP contribution in [-0.2, 0) is 4.79 Å². The summed E-state index contributed by atoms with van der Waals surface area (Å²) in [5.74, 6) is 0.315. The lowest BCUT2D eigenvalue weighted by molar-refractivity contribution is -0.168. The Balaban J connectivity index is 1.80. The quantitative estimate of drug-likeness (QED) is 0.652. The van der Waals surface area contributed by atoms with Gasteiger partial charge in [0.1, 0.15) is 0 Å². The molecule has 0 radical (unpaired) electrons. The van der Waals surface area contributed by atoms with E-state index in [1.807, 2.05) is 11.8 Å². The second-order valence-electron chi connectivity index (χ2n) is 6.13. The van der Waals surface area contributed by atoms with Gasteiger partial charge in [-0.3, -0.25) is 9.69 Å². The SMILES string of the molecule is CCC(=O)N1CC2(C1)CN(C(C)(C)C)C2. The topological polar surface area (TPSA) is 23.6 Å². The van der Waals surface area contributed by atoms with Gasteiger partial charge in [-0.25, -0.2) is 0 Å². The van der Waals surface area contributed by atoms with Gasteiger partial charge >= 0.3 is 0 Å². The Morgan fingerprint density at radius 3 is 2.13 bits per heavy atom. The Hall–Kier alpha value is -0.570. The lowest BCUT2D eigenvalue weighted by Crippen LogP contribution is -2.75. The molecule has 15 heavy (non-hydrogen) atoms. The molecule has 2 rings (SSSR count). The molecular formula is C12H22N2O. The zero-order valence-corrected chi connectivity index (χ0v) is 10.3. The van der Waals surface area contributed by atoms with Gasteiger partial charge < -0.3 is 4.90 Å². The highest BCUT2D eigenvalue weighted by Crippen LogP contribution is 2.42. The van der Waals surface area contributed by atoms with Crippen LogP contribution >= 0.6 is 0 Å². The van der Waals surface area contributed by atoms with Crippen LogP contribution in [0.4, 0.5) is 0 Å². The Kier molecular flexibility index (Phi) is 2.34. The third-order valence-corrected chi connectivity index (χ3v) is 3.71. The fourth-order valence-electron chi connectivity index (χ4n) is 2.60. The number of carbonyl (C=O) groups is 1. The van der Waals surface area contributed by atoms with E-state index in [1.54, 1.807) is 0 Å². The molecule has 1 amide bonds. The van der Waals surface area contributed by atoms with Crippen molar-refractivity contribution in [2.24, 2.45) is 5.41 Å². The molecule has 0 N–H and O–H groups in total. The number of amides is 1. The average molecular weight is 210 g/mol. The lowest BCUT2D eigenvalue weighted by Gasteiger charge is -2.63. The van der Waals surface area contributed by atoms with Crippen molar-refractivity contribution in [1.82, 2.24) is 9.80 Å². The van der Waals surface area contributed by atoms with Crippen molar-refractivity contribution in [3.05, 3.63) is 0 Å². The predicted octanol–water partition coefficient (Wildman–Crippen LogP) is 1.34. The van der Waals surface area contributed by atoms with Crippen LogP contribution in [0, 0.1) is 5.41 Å². The van der Waals surface area contributed by atoms with Gasteiger partial charge in [0.15, 0.2) is 0 Å². The van der Waals surface area contributed by atoms with E-state index in [0.29, 0.717) is 23.3 Å². The Labute approximate surface area is 92.4 Å². The van der Waals surface area contributed by atoms with Gasteiger partial charge in [0.2, 0.25) is 5.91 Å². The minimum atomic E-state index is 0.292. The second kappa shape index (κ2) is 3.21. The van der Waals surface area contributed by atoms with Crippen molar-refractivity contribution in [2.75, 3.05) is 26.2 Å². The number of hydrogen-bond acceptors (Lipinski definition) is 2. The zero-order chi connectivity index (χ0) is 11.3. The summed E-state index contributed by atoms with van der Waals surface area (Å²) >= 11 is 0. The molecule has 0 aromatic carbocycles. The van der Waals surface area contributed by atoms with E-state index in [-0.39, 0.29) is 0 Å². The average Bonchev–Trinajstić information content (AvgIpc) is 1.95. The summed E-state index contributed by atoms with van der Waals surface area (Å²) < 4.78 is 0. The summed E-state index contributed by atoms with van der Waals surface area (Å²) in [5, 5.41) is 0. The van der Waals surface area contributed by atoms with Crippen LogP contribution in [0.3, 0.4) is 0 Å². The third-order valence-electron chi connectivity index (χ3n) is 3.71. The van der Waals surface area contributed by atoms with Crippen molar-refractivity contribution in [3.8, 4) is 0 Å². The van der Waals surface area contributed by atoms with Crippen LogP contribution in [0.15, 0.2) is 0 Å². The van der Waals surface area contributed by atoms with Crippen LogP contribution in [0.5, 0.6) is 0 Å². The summed E-state index contributed by atoms with van der Waals surface area (Å²) in [5.41, 5.74) is 0.749. The van der Waals surface area contributed by atoms with Crippen LogP contribution in [0.25, 0.3) is 0 Å². The van der Waals surface area contributed by atoms with E-state index in [0.717, 1.165) is 13.1 Å². The molecule has 2 fully saturated rings. The minimum absolute atomic E-state index is 0.292. The van der Waals surface area contributed by atoms with Crippen molar-refractivity contribution in [2.45, 2.75) is 39.7 Å². The normalized spacial score (nSPS) is 24.9. The standard InChI is InChI=1S/C12H22N2O/c1-5-10(15)13-6-12(7-13)8-14(9-12)11(2,3)4/h5-9H2,1-4H3. The summed E-state index contributed by atoms with van der Waals surface area (Å²) in [6.45, 7) is 13.0. The number of nitrogens with zero attached hydrogens (tertiary/aromatic N) is 2. The molecule has 2 heterocycles. The molecule has 0 aromatic heterocycles. The monoisotopic (exact) mass is 210 g/mol.